The quantitative estimate of drug-likeness (QED) is 0.314. The number of rotatable bonds is 9. The number of benzene rings is 3. The first-order chi connectivity index (χ1) is 18.2. The van der Waals surface area contributed by atoms with Crippen molar-refractivity contribution in [2.24, 2.45) is 0 Å². The monoisotopic (exact) mass is 596 g/mol. The van der Waals surface area contributed by atoms with Crippen molar-refractivity contribution in [1.82, 2.24) is 4.90 Å². The van der Waals surface area contributed by atoms with Gasteiger partial charge in [0.1, 0.15) is 24.7 Å². The van der Waals surface area contributed by atoms with Gasteiger partial charge in [-0.25, -0.2) is 4.79 Å². The fraction of sp³-hybridized carbons (Fsp3) is 0.111. The number of hydrogen-bond donors (Lipinski definition) is 2. The highest BCUT2D eigenvalue weighted by molar-refractivity contribution is 9.10. The largest absolute Gasteiger partial charge is 0.497 e. The van der Waals surface area contributed by atoms with E-state index in [1.54, 1.807) is 60.7 Å². The zero-order chi connectivity index (χ0) is 27.2. The van der Waals surface area contributed by atoms with Crippen LogP contribution >= 0.6 is 27.7 Å². The fourth-order valence-electron chi connectivity index (χ4n) is 3.49. The summed E-state index contributed by atoms with van der Waals surface area (Å²) >= 11 is 4.20. The van der Waals surface area contributed by atoms with Gasteiger partial charge in [0.05, 0.1) is 22.1 Å². The lowest BCUT2D eigenvalue weighted by molar-refractivity contribution is -0.127. The van der Waals surface area contributed by atoms with Crippen LogP contribution in [0.1, 0.15) is 21.5 Å². The summed E-state index contributed by atoms with van der Waals surface area (Å²) in [6, 6.07) is 18.3. The molecule has 1 saturated heterocycles. The van der Waals surface area contributed by atoms with Crippen molar-refractivity contribution in [1.29, 1.82) is 0 Å². The number of carboxylic acid groups (broad SMARTS) is 1. The van der Waals surface area contributed by atoms with Gasteiger partial charge in [0, 0.05) is 5.69 Å². The van der Waals surface area contributed by atoms with Crippen molar-refractivity contribution in [3.05, 3.63) is 92.8 Å². The van der Waals surface area contributed by atoms with Gasteiger partial charge >= 0.3 is 5.97 Å². The molecule has 0 unspecified atom stereocenters. The van der Waals surface area contributed by atoms with E-state index in [1.807, 2.05) is 0 Å². The molecule has 38 heavy (non-hydrogen) atoms. The van der Waals surface area contributed by atoms with Crippen LogP contribution in [0.5, 0.6) is 11.5 Å². The van der Waals surface area contributed by atoms with E-state index in [-0.39, 0.29) is 17.1 Å². The van der Waals surface area contributed by atoms with Crippen LogP contribution in [0.15, 0.2) is 76.1 Å². The molecule has 1 fully saturated rings. The maximum absolute atomic E-state index is 12.8. The van der Waals surface area contributed by atoms with Gasteiger partial charge in [0.2, 0.25) is 5.91 Å². The Labute approximate surface area is 230 Å². The highest BCUT2D eigenvalue weighted by atomic mass is 79.9. The lowest BCUT2D eigenvalue weighted by Crippen LogP contribution is -2.36. The second-order valence-electron chi connectivity index (χ2n) is 8.03. The summed E-state index contributed by atoms with van der Waals surface area (Å²) in [5, 5.41) is 11.2. The number of carbonyl (C=O) groups excluding carboxylic acids is 3. The van der Waals surface area contributed by atoms with Crippen molar-refractivity contribution >= 4 is 62.5 Å². The average Bonchev–Trinajstić information content (AvgIpc) is 3.16. The van der Waals surface area contributed by atoms with E-state index in [0.29, 0.717) is 32.8 Å². The van der Waals surface area contributed by atoms with Crippen LogP contribution in [-0.2, 0) is 16.2 Å². The summed E-state index contributed by atoms with van der Waals surface area (Å²) in [5.41, 5.74) is 2.03. The molecule has 0 radical (unpaired) electrons. The first-order valence-electron chi connectivity index (χ1n) is 11.2. The van der Waals surface area contributed by atoms with Crippen LogP contribution in [0.3, 0.4) is 0 Å². The number of thioether (sulfide) groups is 1. The van der Waals surface area contributed by atoms with Crippen molar-refractivity contribution in [2.75, 3.05) is 19.0 Å². The topological polar surface area (TPSA) is 122 Å². The fourth-order valence-corrected chi connectivity index (χ4v) is 4.83. The van der Waals surface area contributed by atoms with Crippen molar-refractivity contribution in [3.8, 4) is 11.5 Å². The molecule has 3 aromatic rings. The second kappa shape index (κ2) is 12.0. The van der Waals surface area contributed by atoms with E-state index in [4.69, 9.17) is 14.6 Å². The molecule has 0 spiro atoms. The SMILES string of the molecule is COc1ccc(NC(=O)CN2C(=O)S/C(=C/c3ccc(OCc4cccc(C(=O)O)c4)c(Br)c3)C2=O)cc1. The molecule has 0 aromatic heterocycles. The molecule has 0 bridgehead atoms. The highest BCUT2D eigenvalue weighted by Gasteiger charge is 2.36. The van der Waals surface area contributed by atoms with E-state index in [9.17, 15) is 19.2 Å². The highest BCUT2D eigenvalue weighted by Crippen LogP contribution is 2.34. The number of nitrogens with one attached hydrogen (secondary N) is 1. The van der Waals surface area contributed by atoms with E-state index < -0.39 is 29.6 Å². The number of ether oxygens (including phenoxy) is 2. The maximum atomic E-state index is 12.8. The van der Waals surface area contributed by atoms with Gasteiger partial charge in [-0.2, -0.15) is 0 Å². The van der Waals surface area contributed by atoms with Gasteiger partial charge in [0.25, 0.3) is 11.1 Å². The van der Waals surface area contributed by atoms with Gasteiger partial charge in [-0.15, -0.1) is 0 Å². The van der Waals surface area contributed by atoms with Crippen molar-refractivity contribution < 1.29 is 33.8 Å². The number of imide groups is 1. The number of hydrogen-bond acceptors (Lipinski definition) is 7. The second-order valence-corrected chi connectivity index (χ2v) is 9.88. The zero-order valence-electron chi connectivity index (χ0n) is 20.0. The maximum Gasteiger partial charge on any atom is 0.335 e. The molecular formula is C27H21BrN2O7S. The molecule has 2 N–H and O–H groups in total. The molecule has 3 aromatic carbocycles. The van der Waals surface area contributed by atoms with Crippen LogP contribution in [0, 0.1) is 0 Å². The molecule has 1 aliphatic heterocycles. The zero-order valence-corrected chi connectivity index (χ0v) is 22.4. The summed E-state index contributed by atoms with van der Waals surface area (Å²) in [5.74, 6) is -0.918. The molecule has 1 heterocycles. The number of carboxylic acids is 1. The number of anilines is 1. The van der Waals surface area contributed by atoms with E-state index in [2.05, 4.69) is 21.2 Å². The third-order valence-electron chi connectivity index (χ3n) is 5.37. The summed E-state index contributed by atoms with van der Waals surface area (Å²) in [6.07, 6.45) is 1.57. The molecule has 194 valence electrons. The Hall–Kier alpha value is -4.09. The Morgan fingerprint density at radius 3 is 2.53 bits per heavy atom. The van der Waals surface area contributed by atoms with Crippen LogP contribution < -0.4 is 14.8 Å². The minimum Gasteiger partial charge on any atom is -0.497 e. The number of nitrogens with zero attached hydrogens (tertiary/aromatic N) is 1. The average molecular weight is 597 g/mol. The van der Waals surface area contributed by atoms with Crippen LogP contribution in [0.4, 0.5) is 10.5 Å². The molecule has 9 nitrogen and oxygen atoms in total. The summed E-state index contributed by atoms with van der Waals surface area (Å²) < 4.78 is 11.5. The molecule has 3 amide bonds. The van der Waals surface area contributed by atoms with Crippen molar-refractivity contribution in [3.63, 3.8) is 0 Å². The molecule has 0 atom stereocenters. The lowest BCUT2D eigenvalue weighted by atomic mass is 10.1. The molecule has 0 aliphatic carbocycles. The molecule has 4 rings (SSSR count). The normalized spacial score (nSPS) is 14.1. The number of halogens is 1. The first kappa shape index (κ1) is 27.0. The molecule has 0 saturated carbocycles. The van der Waals surface area contributed by atoms with Crippen LogP contribution in [-0.4, -0.2) is 46.7 Å². The summed E-state index contributed by atoms with van der Waals surface area (Å²) in [6.45, 7) is -0.246. The Morgan fingerprint density at radius 1 is 1.08 bits per heavy atom. The molecular weight excluding hydrogens is 576 g/mol. The van der Waals surface area contributed by atoms with Crippen LogP contribution in [0.25, 0.3) is 6.08 Å². The molecule has 1 aliphatic rings. The predicted molar refractivity (Wildman–Crippen MR) is 146 cm³/mol. The van der Waals surface area contributed by atoms with Gasteiger partial charge in [0.15, 0.2) is 0 Å². The van der Waals surface area contributed by atoms with Gasteiger partial charge in [-0.3, -0.25) is 19.3 Å². The van der Waals surface area contributed by atoms with Gasteiger partial charge in [-0.05, 0) is 93.4 Å². The van der Waals surface area contributed by atoms with E-state index in [1.165, 1.54) is 19.2 Å². The minimum absolute atomic E-state index is 0.163. The van der Waals surface area contributed by atoms with Crippen molar-refractivity contribution in [2.45, 2.75) is 6.61 Å². The van der Waals surface area contributed by atoms with Gasteiger partial charge < -0.3 is 19.9 Å². The Balaban J connectivity index is 1.38. The third kappa shape index (κ3) is 6.61. The predicted octanol–water partition coefficient (Wildman–Crippen LogP) is 5.41. The summed E-state index contributed by atoms with van der Waals surface area (Å²) in [4.78, 5) is 49.9. The van der Waals surface area contributed by atoms with Crippen LogP contribution in [0.2, 0.25) is 0 Å². The summed E-state index contributed by atoms with van der Waals surface area (Å²) in [7, 11) is 1.54. The standard InChI is InChI=1S/C27H21BrN2O7S/c1-36-20-8-6-19(7-9-20)29-24(31)14-30-25(32)23(38-27(30)35)13-16-5-10-22(21(28)12-16)37-15-17-3-2-4-18(11-17)26(33)34/h2-13H,14-15H2,1H3,(H,29,31)(H,33,34)/b23-13+. The Morgan fingerprint density at radius 2 is 1.84 bits per heavy atom. The smallest absolute Gasteiger partial charge is 0.335 e. The van der Waals surface area contributed by atoms with Gasteiger partial charge in [-0.1, -0.05) is 18.2 Å². The first-order valence-corrected chi connectivity index (χ1v) is 12.8. The molecule has 11 heteroatoms. The Kier molecular flexibility index (Phi) is 8.49. The van der Waals surface area contributed by atoms with E-state index in [0.717, 1.165) is 16.7 Å². The number of methoxy groups -OCH3 is 1. The number of aromatic carboxylic acids is 1. The lowest BCUT2D eigenvalue weighted by Gasteiger charge is -2.12. The number of carbonyl (C=O) groups is 4. The third-order valence-corrected chi connectivity index (χ3v) is 6.90. The minimum atomic E-state index is -1.01. The number of amides is 3. The Bertz CT molecular complexity index is 1440. The van der Waals surface area contributed by atoms with E-state index >= 15 is 0 Å².